The first-order valence-corrected chi connectivity index (χ1v) is 10.2. The van der Waals surface area contributed by atoms with E-state index in [1.54, 1.807) is 0 Å². The fourth-order valence-corrected chi connectivity index (χ4v) is 7.07. The van der Waals surface area contributed by atoms with Crippen molar-refractivity contribution in [2.75, 3.05) is 0 Å². The number of Topliss-reactive ketones (excluding diaryl/α,β-unsaturated/α-hetero) is 1. The lowest BCUT2D eigenvalue weighted by Crippen LogP contribution is -2.50. The van der Waals surface area contributed by atoms with Crippen molar-refractivity contribution < 1.29 is 14.3 Å². The molecule has 4 aliphatic carbocycles. The molecule has 0 amide bonds. The molecule has 3 fully saturated rings. The topological polar surface area (TPSA) is 43.4 Å². The predicted molar refractivity (Wildman–Crippen MR) is 96.8 cm³/mol. The summed E-state index contributed by atoms with van der Waals surface area (Å²) in [5.74, 6) is 2.53. The zero-order valence-corrected chi connectivity index (χ0v) is 16.1. The van der Waals surface area contributed by atoms with Gasteiger partial charge in [-0.3, -0.25) is 9.59 Å². The molecule has 0 aromatic carbocycles. The molecule has 3 saturated carbocycles. The van der Waals surface area contributed by atoms with Crippen molar-refractivity contribution in [3.8, 4) is 0 Å². The van der Waals surface area contributed by atoms with Crippen molar-refractivity contribution in [2.45, 2.75) is 78.7 Å². The van der Waals surface area contributed by atoms with Gasteiger partial charge in [-0.25, -0.2) is 0 Å². The zero-order chi connectivity index (χ0) is 18.0. The molecule has 7 atom stereocenters. The lowest BCUT2D eigenvalue weighted by Gasteiger charge is -2.56. The molecular weight excluding hydrogens is 312 g/mol. The van der Waals surface area contributed by atoms with E-state index in [-0.39, 0.29) is 28.8 Å². The van der Waals surface area contributed by atoms with E-state index in [1.807, 2.05) is 0 Å². The molecule has 3 nitrogen and oxygen atoms in total. The molecule has 0 aromatic rings. The number of carbonyl (C=O) groups excluding carboxylic acids is 2. The van der Waals surface area contributed by atoms with E-state index in [9.17, 15) is 9.59 Å². The van der Waals surface area contributed by atoms with Crippen molar-refractivity contribution in [3.05, 3.63) is 11.6 Å². The third-order valence-corrected chi connectivity index (χ3v) is 8.40. The zero-order valence-electron chi connectivity index (χ0n) is 16.1. The summed E-state index contributed by atoms with van der Waals surface area (Å²) >= 11 is 0. The van der Waals surface area contributed by atoms with Crippen LogP contribution in [0.2, 0.25) is 0 Å². The Kier molecular flexibility index (Phi) is 3.94. The number of allylic oxidation sites excluding steroid dienone is 1. The number of ketones is 1. The van der Waals surface area contributed by atoms with Gasteiger partial charge in [0.2, 0.25) is 0 Å². The SMILES string of the molecule is CC(=O)O[C@H]1CC[C@@]2(C)C(=CC[C@@H]3[C@@H]2CC[C@]2(C)C(=O)[C@H](C)C[C@@H]32)C1. The number of ether oxygens (including phenoxy) is 1. The minimum atomic E-state index is -0.158. The Hall–Kier alpha value is -1.12. The Labute approximate surface area is 151 Å². The molecule has 0 saturated heterocycles. The number of hydrogen-bond donors (Lipinski definition) is 0. The van der Waals surface area contributed by atoms with Gasteiger partial charge in [0.05, 0.1) is 0 Å². The van der Waals surface area contributed by atoms with Crippen LogP contribution >= 0.6 is 0 Å². The van der Waals surface area contributed by atoms with Gasteiger partial charge in [-0.15, -0.1) is 0 Å². The highest BCUT2D eigenvalue weighted by Crippen LogP contribution is 2.64. The lowest BCUT2D eigenvalue weighted by atomic mass is 9.48. The van der Waals surface area contributed by atoms with E-state index in [1.165, 1.54) is 18.9 Å². The van der Waals surface area contributed by atoms with Gasteiger partial charge in [0.15, 0.2) is 0 Å². The highest BCUT2D eigenvalue weighted by Gasteiger charge is 2.60. The van der Waals surface area contributed by atoms with Crippen molar-refractivity contribution >= 4 is 11.8 Å². The summed E-state index contributed by atoms with van der Waals surface area (Å²) < 4.78 is 5.51. The minimum Gasteiger partial charge on any atom is -0.462 e. The predicted octanol–water partition coefficient (Wildman–Crippen LogP) is 4.70. The van der Waals surface area contributed by atoms with Crippen molar-refractivity contribution in [3.63, 3.8) is 0 Å². The Morgan fingerprint density at radius 1 is 1.16 bits per heavy atom. The van der Waals surface area contributed by atoms with Crippen molar-refractivity contribution in [1.82, 2.24) is 0 Å². The lowest BCUT2D eigenvalue weighted by molar-refractivity contribution is -0.148. The Bertz CT molecular complexity index is 635. The first-order chi connectivity index (χ1) is 11.8. The van der Waals surface area contributed by atoms with Gasteiger partial charge in [-0.05, 0) is 61.7 Å². The number of rotatable bonds is 1. The van der Waals surface area contributed by atoms with E-state index in [0.717, 1.165) is 38.5 Å². The monoisotopic (exact) mass is 344 g/mol. The molecule has 3 heteroatoms. The fourth-order valence-electron chi connectivity index (χ4n) is 7.07. The second-order valence-corrected chi connectivity index (χ2v) is 9.69. The first-order valence-electron chi connectivity index (χ1n) is 10.2. The van der Waals surface area contributed by atoms with Crippen LogP contribution in [0, 0.1) is 34.5 Å². The van der Waals surface area contributed by atoms with E-state index >= 15 is 0 Å². The van der Waals surface area contributed by atoms with E-state index in [4.69, 9.17) is 4.74 Å². The van der Waals surface area contributed by atoms with Crippen LogP contribution < -0.4 is 0 Å². The van der Waals surface area contributed by atoms with Gasteiger partial charge in [0, 0.05) is 24.7 Å². The standard InChI is InChI=1S/C22H32O3/c1-13-11-19-17-6-5-15-12-16(25-14(2)23)7-9-21(15,3)18(17)8-10-22(19,4)20(13)24/h5,13,16-19H,6-12H2,1-4H3/t13-,16+,17-,18+,19+,21+,22+/m1/s1. The van der Waals surface area contributed by atoms with Gasteiger partial charge in [0.25, 0.3) is 0 Å². The smallest absolute Gasteiger partial charge is 0.302 e. The van der Waals surface area contributed by atoms with Crippen LogP contribution in [0.25, 0.3) is 0 Å². The van der Waals surface area contributed by atoms with E-state index < -0.39 is 0 Å². The van der Waals surface area contributed by atoms with E-state index in [2.05, 4.69) is 26.8 Å². The molecule has 4 rings (SSSR count). The second-order valence-electron chi connectivity index (χ2n) is 9.69. The molecule has 0 bridgehead atoms. The molecule has 0 N–H and O–H groups in total. The first kappa shape index (κ1) is 17.3. The summed E-state index contributed by atoms with van der Waals surface area (Å²) in [7, 11) is 0. The average Bonchev–Trinajstić information content (AvgIpc) is 2.78. The number of carbonyl (C=O) groups is 2. The maximum atomic E-state index is 12.8. The molecular formula is C22H32O3. The molecule has 25 heavy (non-hydrogen) atoms. The average molecular weight is 344 g/mol. The Morgan fingerprint density at radius 2 is 1.88 bits per heavy atom. The summed E-state index contributed by atoms with van der Waals surface area (Å²) in [5, 5.41) is 0. The van der Waals surface area contributed by atoms with Gasteiger partial charge < -0.3 is 4.74 Å². The maximum absolute atomic E-state index is 12.8. The summed E-state index contributed by atoms with van der Waals surface area (Å²) in [6.45, 7) is 8.34. The van der Waals surface area contributed by atoms with Gasteiger partial charge >= 0.3 is 5.97 Å². The van der Waals surface area contributed by atoms with Gasteiger partial charge in [0.1, 0.15) is 11.9 Å². The summed E-state index contributed by atoms with van der Waals surface area (Å²) in [5.41, 5.74) is 1.69. The van der Waals surface area contributed by atoms with Crippen LogP contribution in [0.5, 0.6) is 0 Å². The molecule has 0 aromatic heterocycles. The maximum Gasteiger partial charge on any atom is 0.302 e. The van der Waals surface area contributed by atoms with Crippen LogP contribution in [0.4, 0.5) is 0 Å². The molecule has 0 heterocycles. The van der Waals surface area contributed by atoms with E-state index in [0.29, 0.717) is 23.5 Å². The number of fused-ring (bicyclic) bond motifs is 5. The van der Waals surface area contributed by atoms with Crippen LogP contribution in [-0.4, -0.2) is 17.9 Å². The van der Waals surface area contributed by atoms with Crippen molar-refractivity contribution in [2.24, 2.45) is 34.5 Å². The molecule has 0 aliphatic heterocycles. The van der Waals surface area contributed by atoms with Gasteiger partial charge in [-0.1, -0.05) is 32.4 Å². The van der Waals surface area contributed by atoms with Gasteiger partial charge in [-0.2, -0.15) is 0 Å². The number of esters is 1. The highest BCUT2D eigenvalue weighted by molar-refractivity contribution is 5.89. The molecule has 0 radical (unpaired) electrons. The van der Waals surface area contributed by atoms with Crippen LogP contribution in [-0.2, 0) is 14.3 Å². The summed E-state index contributed by atoms with van der Waals surface area (Å²) in [4.78, 5) is 24.1. The minimum absolute atomic E-state index is 0.0651. The van der Waals surface area contributed by atoms with Crippen LogP contribution in [0.15, 0.2) is 11.6 Å². The second kappa shape index (κ2) is 5.69. The quantitative estimate of drug-likeness (QED) is 0.512. The molecule has 0 unspecified atom stereocenters. The molecule has 138 valence electrons. The third-order valence-electron chi connectivity index (χ3n) is 8.40. The molecule has 4 aliphatic rings. The number of hydrogen-bond acceptors (Lipinski definition) is 3. The summed E-state index contributed by atoms with van der Waals surface area (Å²) in [6.07, 6.45) is 9.98. The normalized spacial score (nSPS) is 48.9. The Morgan fingerprint density at radius 3 is 2.60 bits per heavy atom. The Balaban J connectivity index is 1.61. The fraction of sp³-hybridized carbons (Fsp3) is 0.818. The largest absolute Gasteiger partial charge is 0.462 e. The summed E-state index contributed by atoms with van der Waals surface area (Å²) in [6, 6.07) is 0. The highest BCUT2D eigenvalue weighted by atomic mass is 16.5. The third kappa shape index (κ3) is 2.44. The molecule has 0 spiro atoms. The van der Waals surface area contributed by atoms with Crippen molar-refractivity contribution in [1.29, 1.82) is 0 Å². The van der Waals surface area contributed by atoms with Crippen LogP contribution in [0.1, 0.15) is 72.6 Å². The van der Waals surface area contributed by atoms with Crippen LogP contribution in [0.3, 0.4) is 0 Å².